The molecule has 2 N–H and O–H groups in total. The zero-order chi connectivity index (χ0) is 20.6. The Bertz CT molecular complexity index is 658. The predicted octanol–water partition coefficient (Wildman–Crippen LogP) is 4.20. The third kappa shape index (κ3) is 8.84. The molecular weight excluding hydrogens is 442 g/mol. The van der Waals surface area contributed by atoms with Crippen molar-refractivity contribution in [2.24, 2.45) is 5.92 Å². The van der Waals surface area contributed by atoms with Crippen LogP contribution in [0.3, 0.4) is 0 Å². The highest BCUT2D eigenvalue weighted by molar-refractivity contribution is 9.10. The molecule has 0 aromatic heterocycles. The smallest absolute Gasteiger partial charge is 0.407 e. The Morgan fingerprint density at radius 3 is 2.64 bits per heavy atom. The number of rotatable bonds is 7. The predicted molar refractivity (Wildman–Crippen MR) is 116 cm³/mol. The van der Waals surface area contributed by atoms with E-state index >= 15 is 0 Å². The summed E-state index contributed by atoms with van der Waals surface area (Å²) in [6.45, 7) is 8.04. The summed E-state index contributed by atoms with van der Waals surface area (Å²) in [6.07, 6.45) is 2.49. The number of nitrogens with one attached hydrogen (secondary N) is 2. The van der Waals surface area contributed by atoms with Crippen molar-refractivity contribution in [1.82, 2.24) is 14.9 Å². The van der Waals surface area contributed by atoms with Crippen molar-refractivity contribution in [1.29, 1.82) is 0 Å². The van der Waals surface area contributed by atoms with Crippen molar-refractivity contribution < 1.29 is 14.3 Å². The maximum absolute atomic E-state index is 12.4. The van der Waals surface area contributed by atoms with Crippen LogP contribution in [0.25, 0.3) is 0 Å². The van der Waals surface area contributed by atoms with Crippen molar-refractivity contribution in [2.45, 2.75) is 50.5 Å². The van der Waals surface area contributed by atoms with E-state index in [1.165, 1.54) is 11.9 Å². The first-order valence-corrected chi connectivity index (χ1v) is 11.2. The van der Waals surface area contributed by atoms with Gasteiger partial charge >= 0.3 is 6.09 Å². The van der Waals surface area contributed by atoms with E-state index in [0.717, 1.165) is 41.7 Å². The minimum atomic E-state index is -0.473. The van der Waals surface area contributed by atoms with Gasteiger partial charge in [-0.1, -0.05) is 22.0 Å². The molecule has 0 atom stereocenters. The normalized spacial score (nSPS) is 15.4. The van der Waals surface area contributed by atoms with Gasteiger partial charge in [-0.2, -0.15) is 0 Å². The van der Waals surface area contributed by atoms with Crippen molar-refractivity contribution in [3.05, 3.63) is 28.7 Å². The highest BCUT2D eigenvalue weighted by Gasteiger charge is 2.23. The van der Waals surface area contributed by atoms with Gasteiger partial charge in [-0.25, -0.2) is 4.79 Å². The maximum atomic E-state index is 12.4. The summed E-state index contributed by atoms with van der Waals surface area (Å²) in [4.78, 5) is 27.0. The quantitative estimate of drug-likeness (QED) is 0.583. The monoisotopic (exact) mass is 471 g/mol. The van der Waals surface area contributed by atoms with E-state index in [1.807, 2.05) is 49.9 Å². The highest BCUT2D eigenvalue weighted by atomic mass is 79.9. The first-order valence-electron chi connectivity index (χ1n) is 9.63. The molecule has 0 aliphatic carbocycles. The van der Waals surface area contributed by atoms with Gasteiger partial charge in [-0.05, 0) is 76.1 Å². The lowest BCUT2D eigenvalue weighted by atomic mass is 9.93. The molecule has 2 amide bonds. The van der Waals surface area contributed by atoms with E-state index in [0.29, 0.717) is 19.0 Å². The van der Waals surface area contributed by atoms with Crippen LogP contribution in [-0.2, 0) is 9.53 Å². The van der Waals surface area contributed by atoms with Crippen LogP contribution in [0.2, 0.25) is 0 Å². The van der Waals surface area contributed by atoms with Crippen molar-refractivity contribution >= 4 is 39.9 Å². The van der Waals surface area contributed by atoms with Crippen molar-refractivity contribution in [3.63, 3.8) is 0 Å². The lowest BCUT2D eigenvalue weighted by Gasteiger charge is -2.32. The minimum absolute atomic E-state index is 0.132. The molecule has 2 rings (SSSR count). The van der Waals surface area contributed by atoms with Crippen LogP contribution < -0.4 is 10.0 Å². The Morgan fingerprint density at radius 2 is 2.00 bits per heavy atom. The summed E-state index contributed by atoms with van der Waals surface area (Å²) in [5.74, 6) is 0.663. The van der Waals surface area contributed by atoms with Crippen LogP contribution in [0.5, 0.6) is 0 Å². The van der Waals surface area contributed by atoms with E-state index in [4.69, 9.17) is 4.74 Å². The van der Waals surface area contributed by atoms with Gasteiger partial charge in [0.2, 0.25) is 5.91 Å². The van der Waals surface area contributed by atoms with Crippen molar-refractivity contribution in [3.8, 4) is 0 Å². The van der Waals surface area contributed by atoms with E-state index in [1.54, 1.807) is 0 Å². The Labute approximate surface area is 180 Å². The topological polar surface area (TPSA) is 70.7 Å². The number of hydrogen-bond donors (Lipinski definition) is 2. The molecule has 0 radical (unpaired) electrons. The Hall–Kier alpha value is -1.25. The number of nitrogens with zero attached hydrogens (tertiary/aromatic N) is 1. The number of piperidine rings is 1. The summed E-state index contributed by atoms with van der Waals surface area (Å²) in [6, 6.07) is 7.96. The molecule has 1 aromatic carbocycles. The second-order valence-corrected chi connectivity index (χ2v) is 9.80. The third-order valence-electron chi connectivity index (χ3n) is 4.40. The van der Waals surface area contributed by atoms with Gasteiger partial charge in [0, 0.05) is 29.0 Å². The first-order chi connectivity index (χ1) is 13.2. The molecular formula is C20H30BrN3O3S. The van der Waals surface area contributed by atoms with Gasteiger partial charge in [-0.15, -0.1) is 0 Å². The summed E-state index contributed by atoms with van der Waals surface area (Å²) < 4.78 is 9.40. The average molecular weight is 472 g/mol. The number of likely N-dealkylation sites (tertiary alicyclic amines) is 1. The summed E-state index contributed by atoms with van der Waals surface area (Å²) in [5.41, 5.74) is -0.473. The fourth-order valence-corrected chi connectivity index (χ4v) is 4.23. The molecule has 28 heavy (non-hydrogen) atoms. The van der Waals surface area contributed by atoms with E-state index < -0.39 is 5.60 Å². The van der Waals surface area contributed by atoms with Crippen LogP contribution in [0.15, 0.2) is 33.6 Å². The number of carbonyl (C=O) groups excluding carboxylic acids is 2. The van der Waals surface area contributed by atoms with Gasteiger partial charge in [0.1, 0.15) is 5.60 Å². The number of hydrogen-bond acceptors (Lipinski definition) is 5. The van der Waals surface area contributed by atoms with Gasteiger partial charge in [0.15, 0.2) is 0 Å². The third-order valence-corrected chi connectivity index (χ3v) is 5.67. The zero-order valence-electron chi connectivity index (χ0n) is 16.8. The van der Waals surface area contributed by atoms with Gasteiger partial charge in [0.25, 0.3) is 0 Å². The summed E-state index contributed by atoms with van der Waals surface area (Å²) in [5, 5.41) is 2.81. The molecule has 1 aliphatic heterocycles. The second kappa shape index (κ2) is 11.1. The molecule has 0 saturated carbocycles. The maximum Gasteiger partial charge on any atom is 0.407 e. The average Bonchev–Trinajstić information content (AvgIpc) is 2.61. The molecule has 1 aliphatic rings. The van der Waals surface area contributed by atoms with Gasteiger partial charge < -0.3 is 15.0 Å². The summed E-state index contributed by atoms with van der Waals surface area (Å²) in [7, 11) is 0. The highest BCUT2D eigenvalue weighted by Crippen LogP contribution is 2.21. The number of alkyl carbamates (subject to hydrolysis) is 1. The summed E-state index contributed by atoms with van der Waals surface area (Å²) >= 11 is 4.91. The van der Waals surface area contributed by atoms with Crippen molar-refractivity contribution in [2.75, 3.05) is 26.2 Å². The lowest BCUT2D eigenvalue weighted by Crippen LogP contribution is -2.42. The number of benzene rings is 1. The fourth-order valence-electron chi connectivity index (χ4n) is 2.99. The number of halogens is 1. The molecule has 6 nitrogen and oxygen atoms in total. The molecule has 1 heterocycles. The van der Waals surface area contributed by atoms with Gasteiger partial charge in [0.05, 0.1) is 6.54 Å². The Balaban J connectivity index is 1.59. The molecule has 8 heteroatoms. The van der Waals surface area contributed by atoms with Gasteiger partial charge in [-0.3, -0.25) is 9.52 Å². The molecule has 0 unspecified atom stereocenters. The Morgan fingerprint density at radius 1 is 1.29 bits per heavy atom. The Kier molecular flexibility index (Phi) is 9.11. The first kappa shape index (κ1) is 23.0. The largest absolute Gasteiger partial charge is 0.444 e. The molecule has 0 spiro atoms. The SMILES string of the molecule is CC(C)(C)OC(=O)NCCC1CCN(C(=O)CNSc2cccc(Br)c2)CC1. The lowest BCUT2D eigenvalue weighted by molar-refractivity contribution is -0.131. The van der Waals surface area contributed by atoms with Crippen LogP contribution in [0, 0.1) is 5.92 Å². The fraction of sp³-hybridized carbons (Fsp3) is 0.600. The van der Waals surface area contributed by atoms with E-state index in [-0.39, 0.29) is 12.0 Å². The standard InChI is InChI=1S/C20H30BrN3O3S/c1-20(2,3)27-19(26)22-10-7-15-8-11-24(12-9-15)18(25)14-23-28-17-6-4-5-16(21)13-17/h4-6,13,15,23H,7-12,14H2,1-3H3,(H,22,26). The van der Waals surface area contributed by atoms with E-state index in [9.17, 15) is 9.59 Å². The van der Waals surface area contributed by atoms with E-state index in [2.05, 4.69) is 26.0 Å². The number of carbonyl (C=O) groups is 2. The number of amides is 2. The second-order valence-electron chi connectivity index (χ2n) is 7.92. The molecule has 1 aromatic rings. The van der Waals surface area contributed by atoms with Crippen LogP contribution in [0.1, 0.15) is 40.0 Å². The van der Waals surface area contributed by atoms with Crippen LogP contribution >= 0.6 is 27.9 Å². The molecule has 1 fully saturated rings. The van der Waals surface area contributed by atoms with Crippen LogP contribution in [-0.4, -0.2) is 48.7 Å². The molecule has 1 saturated heterocycles. The zero-order valence-corrected chi connectivity index (χ0v) is 19.2. The minimum Gasteiger partial charge on any atom is -0.444 e. The van der Waals surface area contributed by atoms with Crippen LogP contribution in [0.4, 0.5) is 4.79 Å². The molecule has 156 valence electrons. The molecule has 0 bridgehead atoms. The number of ether oxygens (including phenoxy) is 1.